The molecule has 0 aromatic heterocycles. The first-order valence-corrected chi connectivity index (χ1v) is 5.51. The summed E-state index contributed by atoms with van der Waals surface area (Å²) in [5, 5.41) is 0.221. The lowest BCUT2D eigenvalue weighted by Crippen LogP contribution is -2.03. The van der Waals surface area contributed by atoms with Gasteiger partial charge >= 0.3 is 5.51 Å². The fourth-order valence-corrected chi connectivity index (χ4v) is 2.11. The largest absolute Gasteiger partial charge is 0.446 e. The number of Topliss-reactive ketones (excluding diaryl/α,β-unsaturated/α-hetero) is 1. The van der Waals surface area contributed by atoms with Crippen LogP contribution in [0.4, 0.5) is 13.2 Å². The number of halogens is 4. The Bertz CT molecular complexity index is 404. The van der Waals surface area contributed by atoms with Gasteiger partial charge in [-0.3, -0.25) is 4.79 Å². The average Bonchev–Trinajstić information content (AvgIpc) is 2.06. The Balaban J connectivity index is 3.03. The van der Waals surface area contributed by atoms with E-state index in [1.54, 1.807) is 0 Å². The summed E-state index contributed by atoms with van der Waals surface area (Å²) < 4.78 is 36.7. The lowest BCUT2D eigenvalue weighted by atomic mass is 10.1. The molecule has 0 saturated carbocycles. The Morgan fingerprint density at radius 2 is 2.06 bits per heavy atom. The highest BCUT2D eigenvalue weighted by molar-refractivity contribution is 8.00. The van der Waals surface area contributed by atoms with Gasteiger partial charge in [0.25, 0.3) is 0 Å². The molecule has 0 heterocycles. The minimum atomic E-state index is -4.38. The summed E-state index contributed by atoms with van der Waals surface area (Å²) in [6, 6.07) is 4.13. The van der Waals surface area contributed by atoms with Gasteiger partial charge in [-0.25, -0.2) is 0 Å². The van der Waals surface area contributed by atoms with E-state index in [-0.39, 0.29) is 33.9 Å². The Labute approximate surface area is 100.0 Å². The van der Waals surface area contributed by atoms with Crippen LogP contribution in [-0.2, 0) is 11.2 Å². The molecule has 0 unspecified atom stereocenters. The van der Waals surface area contributed by atoms with Gasteiger partial charge in [-0.2, -0.15) is 13.2 Å². The number of alkyl halides is 3. The minimum absolute atomic E-state index is 0.0183. The zero-order valence-electron chi connectivity index (χ0n) is 8.27. The highest BCUT2D eigenvalue weighted by Crippen LogP contribution is 2.39. The van der Waals surface area contributed by atoms with Gasteiger partial charge in [0.15, 0.2) is 0 Å². The van der Waals surface area contributed by atoms with E-state index in [0.29, 0.717) is 5.56 Å². The second kappa shape index (κ2) is 5.10. The van der Waals surface area contributed by atoms with E-state index < -0.39 is 5.51 Å². The predicted octanol–water partition coefficient (Wildman–Crippen LogP) is 4.08. The molecule has 0 aliphatic rings. The Hall–Kier alpha value is -0.680. The molecule has 0 aliphatic carbocycles. The minimum Gasteiger partial charge on any atom is -0.300 e. The molecule has 1 rings (SSSR count). The molecule has 16 heavy (non-hydrogen) atoms. The smallest absolute Gasteiger partial charge is 0.300 e. The molecule has 0 bridgehead atoms. The number of carbonyl (C=O) groups excluding carboxylic acids is 1. The molecule has 0 spiro atoms. The van der Waals surface area contributed by atoms with Gasteiger partial charge in [0.05, 0.1) is 0 Å². The summed E-state index contributed by atoms with van der Waals surface area (Å²) in [4.78, 5) is 10.9. The number of benzene rings is 1. The third-order valence-electron chi connectivity index (χ3n) is 1.69. The van der Waals surface area contributed by atoms with Crippen molar-refractivity contribution >= 4 is 29.1 Å². The van der Waals surface area contributed by atoms with Gasteiger partial charge in [0, 0.05) is 16.3 Å². The summed E-state index contributed by atoms with van der Waals surface area (Å²) in [6.45, 7) is 1.33. The summed E-state index contributed by atoms with van der Waals surface area (Å²) in [7, 11) is 0. The van der Waals surface area contributed by atoms with Gasteiger partial charge in [0.2, 0.25) is 0 Å². The normalized spacial score (nSPS) is 11.6. The zero-order valence-corrected chi connectivity index (χ0v) is 9.84. The summed E-state index contributed by atoms with van der Waals surface area (Å²) in [5.41, 5.74) is -4.03. The van der Waals surface area contributed by atoms with Crippen LogP contribution in [0, 0.1) is 0 Å². The zero-order chi connectivity index (χ0) is 12.3. The molecule has 0 atom stereocenters. The average molecular weight is 269 g/mol. The van der Waals surface area contributed by atoms with Gasteiger partial charge < -0.3 is 0 Å². The van der Waals surface area contributed by atoms with Gasteiger partial charge in [0.1, 0.15) is 5.78 Å². The maximum absolute atomic E-state index is 12.2. The van der Waals surface area contributed by atoms with E-state index in [0.717, 1.165) is 0 Å². The van der Waals surface area contributed by atoms with Crippen LogP contribution >= 0.6 is 23.4 Å². The second-order valence-corrected chi connectivity index (χ2v) is 4.72. The number of hydrogen-bond acceptors (Lipinski definition) is 2. The van der Waals surface area contributed by atoms with Gasteiger partial charge in [-0.15, -0.1) is 0 Å². The van der Waals surface area contributed by atoms with Crippen LogP contribution in [0.25, 0.3) is 0 Å². The SMILES string of the molecule is CC(=O)Cc1ccc(Cl)cc1SC(F)(F)F. The summed E-state index contributed by atoms with van der Waals surface area (Å²) in [5.74, 6) is -0.189. The van der Waals surface area contributed by atoms with E-state index in [1.807, 2.05) is 0 Å². The number of hydrogen-bond donors (Lipinski definition) is 0. The van der Waals surface area contributed by atoms with Crippen molar-refractivity contribution in [2.24, 2.45) is 0 Å². The van der Waals surface area contributed by atoms with Crippen LogP contribution in [0.1, 0.15) is 12.5 Å². The van der Waals surface area contributed by atoms with Crippen molar-refractivity contribution < 1.29 is 18.0 Å². The van der Waals surface area contributed by atoms with Crippen LogP contribution in [0.15, 0.2) is 23.1 Å². The van der Waals surface area contributed by atoms with Crippen molar-refractivity contribution in [3.05, 3.63) is 28.8 Å². The first kappa shape index (κ1) is 13.4. The van der Waals surface area contributed by atoms with Gasteiger partial charge in [-0.05, 0) is 36.4 Å². The van der Waals surface area contributed by atoms with E-state index in [4.69, 9.17) is 11.6 Å². The van der Waals surface area contributed by atoms with E-state index in [1.165, 1.54) is 25.1 Å². The molecule has 0 radical (unpaired) electrons. The van der Waals surface area contributed by atoms with Crippen molar-refractivity contribution in [3.8, 4) is 0 Å². The van der Waals surface area contributed by atoms with E-state index in [2.05, 4.69) is 0 Å². The predicted molar refractivity (Wildman–Crippen MR) is 57.7 cm³/mol. The number of thioether (sulfide) groups is 1. The lowest BCUT2D eigenvalue weighted by Gasteiger charge is -2.10. The highest BCUT2D eigenvalue weighted by Gasteiger charge is 2.30. The third-order valence-corrected chi connectivity index (χ3v) is 2.76. The molecule has 1 nitrogen and oxygen atoms in total. The molecule has 0 amide bonds. The molecule has 1 aromatic rings. The van der Waals surface area contributed by atoms with E-state index in [9.17, 15) is 18.0 Å². The topological polar surface area (TPSA) is 17.1 Å². The first-order chi connectivity index (χ1) is 7.28. The summed E-state index contributed by atoms with van der Waals surface area (Å²) in [6.07, 6.45) is -0.0183. The molecule has 0 fully saturated rings. The molecular weight excluding hydrogens is 261 g/mol. The molecule has 6 heteroatoms. The molecule has 0 saturated heterocycles. The van der Waals surface area contributed by atoms with Gasteiger partial charge in [-0.1, -0.05) is 17.7 Å². The highest BCUT2D eigenvalue weighted by atomic mass is 35.5. The number of rotatable bonds is 3. The fourth-order valence-electron chi connectivity index (χ4n) is 1.16. The van der Waals surface area contributed by atoms with Crippen molar-refractivity contribution in [2.75, 3.05) is 0 Å². The standard InChI is InChI=1S/C10H8ClF3OS/c1-6(15)4-7-2-3-8(11)5-9(7)16-10(12,13)14/h2-3,5H,4H2,1H3. The van der Waals surface area contributed by atoms with Crippen molar-refractivity contribution in [2.45, 2.75) is 23.7 Å². The van der Waals surface area contributed by atoms with Crippen LogP contribution in [0.5, 0.6) is 0 Å². The van der Waals surface area contributed by atoms with Crippen molar-refractivity contribution in [1.82, 2.24) is 0 Å². The Morgan fingerprint density at radius 1 is 1.44 bits per heavy atom. The van der Waals surface area contributed by atoms with Crippen LogP contribution in [-0.4, -0.2) is 11.3 Å². The number of carbonyl (C=O) groups is 1. The Kier molecular flexibility index (Phi) is 4.27. The third kappa shape index (κ3) is 4.45. The van der Waals surface area contributed by atoms with Crippen LogP contribution < -0.4 is 0 Å². The summed E-state index contributed by atoms with van der Waals surface area (Å²) >= 11 is 5.36. The van der Waals surface area contributed by atoms with Crippen LogP contribution in [0.2, 0.25) is 5.02 Å². The monoisotopic (exact) mass is 268 g/mol. The molecular formula is C10H8ClF3OS. The second-order valence-electron chi connectivity index (χ2n) is 3.18. The fraction of sp³-hybridized carbons (Fsp3) is 0.300. The first-order valence-electron chi connectivity index (χ1n) is 4.31. The molecule has 0 N–H and O–H groups in total. The van der Waals surface area contributed by atoms with E-state index >= 15 is 0 Å². The maximum atomic E-state index is 12.2. The molecule has 88 valence electrons. The van der Waals surface area contributed by atoms with Crippen LogP contribution in [0.3, 0.4) is 0 Å². The Morgan fingerprint density at radius 3 is 2.56 bits per heavy atom. The number of ketones is 1. The quantitative estimate of drug-likeness (QED) is 0.768. The molecule has 0 aliphatic heterocycles. The molecule has 1 aromatic carbocycles. The lowest BCUT2D eigenvalue weighted by molar-refractivity contribution is -0.116. The maximum Gasteiger partial charge on any atom is 0.446 e. The van der Waals surface area contributed by atoms with Crippen molar-refractivity contribution in [3.63, 3.8) is 0 Å². The van der Waals surface area contributed by atoms with Crippen molar-refractivity contribution in [1.29, 1.82) is 0 Å².